The summed E-state index contributed by atoms with van der Waals surface area (Å²) in [5.41, 5.74) is 1.42. The Bertz CT molecular complexity index is 548. The Morgan fingerprint density at radius 1 is 1.28 bits per heavy atom. The van der Waals surface area contributed by atoms with Gasteiger partial charge in [0.2, 0.25) is 5.91 Å². The summed E-state index contributed by atoms with van der Waals surface area (Å²) in [7, 11) is 0. The van der Waals surface area contributed by atoms with E-state index in [9.17, 15) is 4.79 Å². The molecule has 0 aliphatic heterocycles. The second kappa shape index (κ2) is 5.98. The van der Waals surface area contributed by atoms with Gasteiger partial charge in [-0.05, 0) is 27.6 Å². The molecule has 5 heteroatoms. The summed E-state index contributed by atoms with van der Waals surface area (Å²) in [4.78, 5) is 15.9. The summed E-state index contributed by atoms with van der Waals surface area (Å²) in [6, 6.07) is 10.9. The number of nitrogens with zero attached hydrogens (tertiary/aromatic N) is 1. The molecule has 1 N–H and O–H groups in total. The molecule has 1 atom stereocenters. The Morgan fingerprint density at radius 3 is 2.67 bits per heavy atom. The van der Waals surface area contributed by atoms with Crippen molar-refractivity contribution in [1.29, 1.82) is 0 Å². The standard InChI is InChI=1S/C13H10BrClN2O/c14-10-8-16-7-6-11(10)17-13(18)12(15)9-4-2-1-3-5-9/h1-8,12H,(H,16,17,18). The Hall–Kier alpha value is -1.39. The monoisotopic (exact) mass is 324 g/mol. The Morgan fingerprint density at radius 2 is 2.00 bits per heavy atom. The number of amides is 1. The molecular formula is C13H10BrClN2O. The van der Waals surface area contributed by atoms with Gasteiger partial charge >= 0.3 is 0 Å². The fourth-order valence-corrected chi connectivity index (χ4v) is 2.00. The third kappa shape index (κ3) is 3.09. The fraction of sp³-hybridized carbons (Fsp3) is 0.0769. The number of carbonyl (C=O) groups excluding carboxylic acids is 1. The van der Waals surface area contributed by atoms with E-state index in [1.165, 1.54) is 0 Å². The number of halogens is 2. The molecule has 0 fully saturated rings. The van der Waals surface area contributed by atoms with Crippen molar-refractivity contribution < 1.29 is 4.79 Å². The van der Waals surface area contributed by atoms with E-state index < -0.39 is 5.38 Å². The van der Waals surface area contributed by atoms with E-state index in [0.717, 1.165) is 10.0 Å². The summed E-state index contributed by atoms with van der Waals surface area (Å²) in [5, 5.41) is 2.03. The molecule has 0 radical (unpaired) electrons. The van der Waals surface area contributed by atoms with Crippen molar-refractivity contribution in [3.05, 3.63) is 58.8 Å². The second-order valence-electron chi connectivity index (χ2n) is 3.62. The van der Waals surface area contributed by atoms with Crippen LogP contribution in [0.2, 0.25) is 0 Å². The molecule has 3 nitrogen and oxygen atoms in total. The van der Waals surface area contributed by atoms with Gasteiger partial charge < -0.3 is 5.32 Å². The van der Waals surface area contributed by atoms with E-state index in [1.54, 1.807) is 18.5 Å². The quantitative estimate of drug-likeness (QED) is 0.873. The van der Waals surface area contributed by atoms with Crippen molar-refractivity contribution in [3.63, 3.8) is 0 Å². The van der Waals surface area contributed by atoms with E-state index in [1.807, 2.05) is 30.3 Å². The highest BCUT2D eigenvalue weighted by Crippen LogP contribution is 2.25. The molecule has 0 saturated carbocycles. The van der Waals surface area contributed by atoms with Gasteiger partial charge in [0.15, 0.2) is 0 Å². The highest BCUT2D eigenvalue weighted by Gasteiger charge is 2.18. The van der Waals surface area contributed by atoms with Gasteiger partial charge in [0.1, 0.15) is 5.38 Å². The molecule has 1 aromatic heterocycles. The number of nitrogens with one attached hydrogen (secondary N) is 1. The average molecular weight is 326 g/mol. The normalized spacial score (nSPS) is 11.9. The highest BCUT2D eigenvalue weighted by molar-refractivity contribution is 9.10. The van der Waals surface area contributed by atoms with Gasteiger partial charge in [-0.15, -0.1) is 11.6 Å². The van der Waals surface area contributed by atoms with Crippen LogP contribution in [0.4, 0.5) is 5.69 Å². The minimum Gasteiger partial charge on any atom is -0.323 e. The molecule has 2 rings (SSSR count). The van der Waals surface area contributed by atoms with Gasteiger partial charge in [0.25, 0.3) is 0 Å². The lowest BCUT2D eigenvalue weighted by Crippen LogP contribution is -2.17. The van der Waals surface area contributed by atoms with Crippen molar-refractivity contribution in [3.8, 4) is 0 Å². The van der Waals surface area contributed by atoms with E-state index in [2.05, 4.69) is 26.2 Å². The van der Waals surface area contributed by atoms with Gasteiger partial charge in [0.05, 0.1) is 10.2 Å². The third-order valence-electron chi connectivity index (χ3n) is 2.35. The second-order valence-corrected chi connectivity index (χ2v) is 4.91. The van der Waals surface area contributed by atoms with Crippen molar-refractivity contribution in [2.24, 2.45) is 0 Å². The van der Waals surface area contributed by atoms with Crippen LogP contribution < -0.4 is 5.32 Å². The molecule has 0 saturated heterocycles. The highest BCUT2D eigenvalue weighted by atomic mass is 79.9. The number of hydrogen-bond donors (Lipinski definition) is 1. The molecule has 0 spiro atoms. The third-order valence-corrected chi connectivity index (χ3v) is 3.43. The lowest BCUT2D eigenvalue weighted by atomic mass is 10.1. The maximum absolute atomic E-state index is 12.0. The number of aromatic nitrogens is 1. The average Bonchev–Trinajstić information content (AvgIpc) is 2.41. The summed E-state index contributed by atoms with van der Waals surface area (Å²) in [6.07, 6.45) is 3.22. The first-order valence-corrected chi connectivity index (χ1v) is 6.51. The molecular weight excluding hydrogens is 316 g/mol. The van der Waals surface area contributed by atoms with Crippen molar-refractivity contribution in [2.45, 2.75) is 5.38 Å². The van der Waals surface area contributed by atoms with E-state index in [0.29, 0.717) is 5.69 Å². The molecule has 0 bridgehead atoms. The first kappa shape index (κ1) is 13.1. The zero-order valence-electron chi connectivity index (χ0n) is 9.31. The fourth-order valence-electron chi connectivity index (χ4n) is 1.45. The van der Waals surface area contributed by atoms with Gasteiger partial charge in [-0.2, -0.15) is 0 Å². The number of rotatable bonds is 3. The number of carbonyl (C=O) groups is 1. The Balaban J connectivity index is 2.12. The first-order chi connectivity index (χ1) is 8.68. The molecule has 1 unspecified atom stereocenters. The van der Waals surface area contributed by atoms with Gasteiger partial charge in [-0.25, -0.2) is 0 Å². The van der Waals surface area contributed by atoms with E-state index >= 15 is 0 Å². The van der Waals surface area contributed by atoms with E-state index in [4.69, 9.17) is 11.6 Å². The molecule has 0 aliphatic rings. The molecule has 18 heavy (non-hydrogen) atoms. The van der Waals surface area contributed by atoms with E-state index in [-0.39, 0.29) is 5.91 Å². The zero-order valence-corrected chi connectivity index (χ0v) is 11.6. The summed E-state index contributed by atoms with van der Waals surface area (Å²) in [5.74, 6) is -0.269. The summed E-state index contributed by atoms with van der Waals surface area (Å²) in [6.45, 7) is 0. The van der Waals surface area contributed by atoms with Crippen LogP contribution in [-0.4, -0.2) is 10.9 Å². The van der Waals surface area contributed by atoms with Gasteiger partial charge in [-0.1, -0.05) is 30.3 Å². The largest absolute Gasteiger partial charge is 0.323 e. The predicted molar refractivity (Wildman–Crippen MR) is 75.6 cm³/mol. The molecule has 1 heterocycles. The molecule has 92 valence electrons. The number of hydrogen-bond acceptors (Lipinski definition) is 2. The van der Waals surface area contributed by atoms with Crippen LogP contribution in [0, 0.1) is 0 Å². The number of alkyl halides is 1. The number of pyridine rings is 1. The van der Waals surface area contributed by atoms with Crippen LogP contribution in [0.1, 0.15) is 10.9 Å². The van der Waals surface area contributed by atoms with Crippen LogP contribution >= 0.6 is 27.5 Å². The molecule has 0 aliphatic carbocycles. The van der Waals surface area contributed by atoms with Crippen LogP contribution in [-0.2, 0) is 4.79 Å². The molecule has 1 aromatic carbocycles. The SMILES string of the molecule is O=C(Nc1ccncc1Br)C(Cl)c1ccccc1. The van der Waals surface area contributed by atoms with Crippen molar-refractivity contribution in [1.82, 2.24) is 4.98 Å². The predicted octanol–water partition coefficient (Wildman–Crippen LogP) is 3.76. The molecule has 1 amide bonds. The van der Waals surface area contributed by atoms with Crippen LogP contribution in [0.15, 0.2) is 53.3 Å². The summed E-state index contributed by atoms with van der Waals surface area (Å²) < 4.78 is 0.718. The maximum Gasteiger partial charge on any atom is 0.247 e. The Kier molecular flexibility index (Phi) is 4.33. The zero-order chi connectivity index (χ0) is 13.0. The lowest BCUT2D eigenvalue weighted by Gasteiger charge is -2.11. The number of anilines is 1. The summed E-state index contributed by atoms with van der Waals surface area (Å²) >= 11 is 9.43. The van der Waals surface area contributed by atoms with Crippen LogP contribution in [0.25, 0.3) is 0 Å². The van der Waals surface area contributed by atoms with Crippen LogP contribution in [0.5, 0.6) is 0 Å². The minimum atomic E-state index is -0.716. The smallest absolute Gasteiger partial charge is 0.247 e. The topological polar surface area (TPSA) is 42.0 Å². The maximum atomic E-state index is 12.0. The van der Waals surface area contributed by atoms with Crippen LogP contribution in [0.3, 0.4) is 0 Å². The Labute approximate surface area is 118 Å². The minimum absolute atomic E-state index is 0.269. The van der Waals surface area contributed by atoms with Crippen molar-refractivity contribution in [2.75, 3.05) is 5.32 Å². The van der Waals surface area contributed by atoms with Gasteiger partial charge in [0, 0.05) is 12.4 Å². The number of benzene rings is 1. The molecule has 2 aromatic rings. The van der Waals surface area contributed by atoms with Gasteiger partial charge in [-0.3, -0.25) is 9.78 Å². The lowest BCUT2D eigenvalue weighted by molar-refractivity contribution is -0.116. The van der Waals surface area contributed by atoms with Crippen molar-refractivity contribution >= 4 is 39.1 Å². The first-order valence-electron chi connectivity index (χ1n) is 5.28.